The van der Waals surface area contributed by atoms with Crippen LogP contribution in [0, 0.1) is 0 Å². The molecule has 0 radical (unpaired) electrons. The van der Waals surface area contributed by atoms with Crippen molar-refractivity contribution in [1.29, 1.82) is 0 Å². The topological polar surface area (TPSA) is 55.1 Å². The maximum atomic E-state index is 12.4. The number of para-hydroxylation sites is 1. The van der Waals surface area contributed by atoms with Gasteiger partial charge in [-0.1, -0.05) is 39.0 Å². The molecule has 110 valence electrons. The van der Waals surface area contributed by atoms with Crippen LogP contribution in [0.3, 0.4) is 0 Å². The van der Waals surface area contributed by atoms with Gasteiger partial charge in [0, 0.05) is 16.9 Å². The van der Waals surface area contributed by atoms with Gasteiger partial charge in [-0.2, -0.15) is 0 Å². The lowest BCUT2D eigenvalue weighted by atomic mass is 9.96. The summed E-state index contributed by atoms with van der Waals surface area (Å²) in [6.45, 7) is 6.36. The summed E-state index contributed by atoms with van der Waals surface area (Å²) in [6.07, 6.45) is 0.887. The first-order valence-electron chi connectivity index (χ1n) is 7.31. The first-order chi connectivity index (χ1) is 10.0. The minimum absolute atomic E-state index is 0.0993. The molecule has 3 heteroatoms. The molecule has 0 fully saturated rings. The fraction of sp³-hybridized carbons (Fsp3) is 0.278. The van der Waals surface area contributed by atoms with Gasteiger partial charge in [0.25, 0.3) is 5.91 Å². The molecule has 1 amide bonds. The van der Waals surface area contributed by atoms with E-state index >= 15 is 0 Å². The van der Waals surface area contributed by atoms with E-state index in [9.17, 15) is 4.79 Å². The number of benzene rings is 2. The molecule has 0 spiro atoms. The molecule has 0 aliphatic rings. The fourth-order valence-electron chi connectivity index (χ4n) is 2.37. The van der Waals surface area contributed by atoms with Crippen molar-refractivity contribution < 1.29 is 4.79 Å². The Balaban J connectivity index is 2.34. The van der Waals surface area contributed by atoms with Crippen molar-refractivity contribution in [2.75, 3.05) is 11.1 Å². The number of aryl methyl sites for hydroxylation is 1. The van der Waals surface area contributed by atoms with E-state index in [1.165, 1.54) is 0 Å². The van der Waals surface area contributed by atoms with E-state index in [0.717, 1.165) is 23.2 Å². The summed E-state index contributed by atoms with van der Waals surface area (Å²) in [7, 11) is 0. The molecule has 0 aliphatic heterocycles. The predicted octanol–water partition coefficient (Wildman–Crippen LogP) is 4.21. The van der Waals surface area contributed by atoms with Crippen LogP contribution < -0.4 is 11.1 Å². The number of hydrogen-bond donors (Lipinski definition) is 2. The van der Waals surface area contributed by atoms with E-state index in [1.54, 1.807) is 24.3 Å². The van der Waals surface area contributed by atoms with Gasteiger partial charge in [0.05, 0.1) is 0 Å². The number of hydrogen-bond acceptors (Lipinski definition) is 2. The Morgan fingerprint density at radius 2 is 1.81 bits per heavy atom. The SMILES string of the molecule is CCc1cccc(C(C)C)c1NC(=O)c1ccc(N)cc1. The molecule has 3 nitrogen and oxygen atoms in total. The van der Waals surface area contributed by atoms with Crippen LogP contribution in [-0.4, -0.2) is 5.91 Å². The lowest BCUT2D eigenvalue weighted by molar-refractivity contribution is 0.102. The molecule has 2 rings (SSSR count). The first kappa shape index (κ1) is 15.1. The molecular weight excluding hydrogens is 260 g/mol. The largest absolute Gasteiger partial charge is 0.399 e. The highest BCUT2D eigenvalue weighted by molar-refractivity contribution is 6.05. The van der Waals surface area contributed by atoms with Gasteiger partial charge >= 0.3 is 0 Å². The van der Waals surface area contributed by atoms with Crippen molar-refractivity contribution in [3.8, 4) is 0 Å². The summed E-state index contributed by atoms with van der Waals surface area (Å²) < 4.78 is 0. The number of anilines is 2. The molecule has 2 aromatic carbocycles. The maximum Gasteiger partial charge on any atom is 0.255 e. The monoisotopic (exact) mass is 282 g/mol. The molecule has 0 heterocycles. The van der Waals surface area contributed by atoms with Gasteiger partial charge < -0.3 is 11.1 Å². The number of carbonyl (C=O) groups is 1. The van der Waals surface area contributed by atoms with Gasteiger partial charge in [-0.25, -0.2) is 0 Å². The molecule has 2 aromatic rings. The van der Waals surface area contributed by atoms with Gasteiger partial charge in [-0.3, -0.25) is 4.79 Å². The summed E-state index contributed by atoms with van der Waals surface area (Å²) in [6, 6.07) is 13.1. The van der Waals surface area contributed by atoms with Crippen LogP contribution in [0.25, 0.3) is 0 Å². The highest BCUT2D eigenvalue weighted by Gasteiger charge is 2.14. The summed E-state index contributed by atoms with van der Waals surface area (Å²) in [4.78, 5) is 12.4. The van der Waals surface area contributed by atoms with E-state index in [2.05, 4.69) is 38.2 Å². The second kappa shape index (κ2) is 6.44. The molecule has 0 atom stereocenters. The number of nitrogens with one attached hydrogen (secondary N) is 1. The normalized spacial score (nSPS) is 10.7. The van der Waals surface area contributed by atoms with Crippen LogP contribution in [0.15, 0.2) is 42.5 Å². The summed E-state index contributed by atoms with van der Waals surface area (Å²) in [5.74, 6) is 0.260. The van der Waals surface area contributed by atoms with E-state index in [1.807, 2.05) is 6.07 Å². The maximum absolute atomic E-state index is 12.4. The lowest BCUT2D eigenvalue weighted by Gasteiger charge is -2.17. The Bertz CT molecular complexity index is 630. The third kappa shape index (κ3) is 3.43. The zero-order valence-electron chi connectivity index (χ0n) is 12.8. The van der Waals surface area contributed by atoms with E-state index in [0.29, 0.717) is 17.2 Å². The van der Waals surface area contributed by atoms with E-state index < -0.39 is 0 Å². The van der Waals surface area contributed by atoms with Crippen LogP contribution in [0.5, 0.6) is 0 Å². The van der Waals surface area contributed by atoms with Crippen LogP contribution in [0.4, 0.5) is 11.4 Å². The minimum atomic E-state index is -0.0993. The van der Waals surface area contributed by atoms with E-state index in [4.69, 9.17) is 5.73 Å². The van der Waals surface area contributed by atoms with Crippen LogP contribution in [0.2, 0.25) is 0 Å². The van der Waals surface area contributed by atoms with Crippen molar-refractivity contribution in [3.63, 3.8) is 0 Å². The molecular formula is C18H22N2O. The zero-order chi connectivity index (χ0) is 15.4. The van der Waals surface area contributed by atoms with Gasteiger partial charge in [0.2, 0.25) is 0 Å². The summed E-state index contributed by atoms with van der Waals surface area (Å²) in [5.41, 5.74) is 10.2. The number of carbonyl (C=O) groups excluding carboxylic acids is 1. The Kier molecular flexibility index (Phi) is 4.63. The zero-order valence-corrected chi connectivity index (χ0v) is 12.8. The minimum Gasteiger partial charge on any atom is -0.399 e. The van der Waals surface area contributed by atoms with Crippen molar-refractivity contribution in [2.45, 2.75) is 33.1 Å². The Hall–Kier alpha value is -2.29. The number of rotatable bonds is 4. The Labute approximate surface area is 126 Å². The van der Waals surface area contributed by atoms with Gasteiger partial charge in [0.15, 0.2) is 0 Å². The second-order valence-electron chi connectivity index (χ2n) is 5.47. The molecule has 0 saturated carbocycles. The summed E-state index contributed by atoms with van der Waals surface area (Å²) in [5, 5.41) is 3.07. The molecule has 21 heavy (non-hydrogen) atoms. The number of nitrogens with two attached hydrogens (primary N) is 1. The van der Waals surface area contributed by atoms with Crippen molar-refractivity contribution in [3.05, 3.63) is 59.2 Å². The average Bonchev–Trinajstić information content (AvgIpc) is 2.47. The van der Waals surface area contributed by atoms with Crippen LogP contribution >= 0.6 is 0 Å². The standard InChI is InChI=1S/C18H22N2O/c1-4-13-6-5-7-16(12(2)3)17(13)20-18(21)14-8-10-15(19)11-9-14/h5-12H,4,19H2,1-3H3,(H,20,21). The quantitative estimate of drug-likeness (QED) is 0.825. The predicted molar refractivity (Wildman–Crippen MR) is 88.7 cm³/mol. The fourth-order valence-corrected chi connectivity index (χ4v) is 2.37. The molecule has 0 saturated heterocycles. The third-order valence-corrected chi connectivity index (χ3v) is 3.60. The Morgan fingerprint density at radius 3 is 2.38 bits per heavy atom. The third-order valence-electron chi connectivity index (χ3n) is 3.60. The average molecular weight is 282 g/mol. The second-order valence-corrected chi connectivity index (χ2v) is 5.47. The lowest BCUT2D eigenvalue weighted by Crippen LogP contribution is -2.15. The van der Waals surface area contributed by atoms with Gasteiger partial charge in [0.1, 0.15) is 0 Å². The van der Waals surface area contributed by atoms with Crippen molar-refractivity contribution in [2.24, 2.45) is 0 Å². The molecule has 0 unspecified atom stereocenters. The molecule has 0 bridgehead atoms. The highest BCUT2D eigenvalue weighted by Crippen LogP contribution is 2.28. The summed E-state index contributed by atoms with van der Waals surface area (Å²) >= 11 is 0. The first-order valence-corrected chi connectivity index (χ1v) is 7.31. The van der Waals surface area contributed by atoms with Crippen molar-refractivity contribution >= 4 is 17.3 Å². The van der Waals surface area contributed by atoms with Crippen LogP contribution in [0.1, 0.15) is 48.2 Å². The Morgan fingerprint density at radius 1 is 1.14 bits per heavy atom. The number of nitrogen functional groups attached to an aromatic ring is 1. The molecule has 0 aliphatic carbocycles. The smallest absolute Gasteiger partial charge is 0.255 e. The molecule has 3 N–H and O–H groups in total. The van der Waals surface area contributed by atoms with E-state index in [-0.39, 0.29) is 5.91 Å². The highest BCUT2D eigenvalue weighted by atomic mass is 16.1. The molecule has 0 aromatic heterocycles. The van der Waals surface area contributed by atoms with Gasteiger partial charge in [-0.05, 0) is 47.7 Å². The van der Waals surface area contributed by atoms with Crippen LogP contribution in [-0.2, 0) is 6.42 Å². The number of amides is 1. The van der Waals surface area contributed by atoms with Crippen molar-refractivity contribution in [1.82, 2.24) is 0 Å². The van der Waals surface area contributed by atoms with Gasteiger partial charge in [-0.15, -0.1) is 0 Å².